The molecule has 0 radical (unpaired) electrons. The van der Waals surface area contributed by atoms with E-state index in [0.717, 1.165) is 34.9 Å². The number of para-hydroxylation sites is 1. The zero-order valence-corrected chi connectivity index (χ0v) is 13.5. The molecule has 4 nitrogen and oxygen atoms in total. The summed E-state index contributed by atoms with van der Waals surface area (Å²) >= 11 is 12.3. The zero-order valence-electron chi connectivity index (χ0n) is 12.0. The maximum absolute atomic E-state index is 6.38. The van der Waals surface area contributed by atoms with Gasteiger partial charge in [0.05, 0.1) is 16.4 Å². The van der Waals surface area contributed by atoms with E-state index in [2.05, 4.69) is 16.6 Å². The first-order valence-electron chi connectivity index (χ1n) is 6.93. The van der Waals surface area contributed by atoms with Gasteiger partial charge in [0, 0.05) is 18.8 Å². The maximum Gasteiger partial charge on any atom is 0.163 e. The molecule has 0 saturated carbocycles. The average molecular weight is 323 g/mol. The molecule has 21 heavy (non-hydrogen) atoms. The number of hydrogen-bond acceptors (Lipinski definition) is 2. The van der Waals surface area contributed by atoms with Gasteiger partial charge in [-0.1, -0.05) is 23.7 Å². The fourth-order valence-electron chi connectivity index (χ4n) is 2.57. The number of nitrogens with zero attached hydrogens (tertiary/aromatic N) is 4. The van der Waals surface area contributed by atoms with Gasteiger partial charge in [0.1, 0.15) is 11.3 Å². The van der Waals surface area contributed by atoms with Crippen molar-refractivity contribution >= 4 is 34.4 Å². The first-order valence-corrected chi connectivity index (χ1v) is 7.84. The van der Waals surface area contributed by atoms with Crippen LogP contribution in [0, 0.1) is 6.92 Å². The molecule has 0 atom stereocenters. The van der Waals surface area contributed by atoms with Crippen LogP contribution < -0.4 is 0 Å². The summed E-state index contributed by atoms with van der Waals surface area (Å²) in [7, 11) is 0. The predicted molar refractivity (Wildman–Crippen MR) is 86.7 cm³/mol. The Bertz CT molecular complexity index is 788. The van der Waals surface area contributed by atoms with Gasteiger partial charge in [0.2, 0.25) is 0 Å². The predicted octanol–water partition coefficient (Wildman–Crippen LogP) is 3.99. The van der Waals surface area contributed by atoms with E-state index >= 15 is 0 Å². The van der Waals surface area contributed by atoms with Crippen molar-refractivity contribution in [3.05, 3.63) is 40.8 Å². The average Bonchev–Trinajstić information content (AvgIpc) is 2.98. The van der Waals surface area contributed by atoms with E-state index in [9.17, 15) is 0 Å². The summed E-state index contributed by atoms with van der Waals surface area (Å²) in [6, 6.07) is 7.76. The van der Waals surface area contributed by atoms with Crippen LogP contribution in [0.3, 0.4) is 0 Å². The van der Waals surface area contributed by atoms with Crippen molar-refractivity contribution in [3.63, 3.8) is 0 Å². The van der Waals surface area contributed by atoms with Gasteiger partial charge in [-0.3, -0.25) is 4.57 Å². The molecule has 1 aromatic carbocycles. The van der Waals surface area contributed by atoms with Gasteiger partial charge < -0.3 is 0 Å². The van der Waals surface area contributed by atoms with Crippen LogP contribution in [0.1, 0.15) is 18.4 Å². The number of alkyl halides is 1. The summed E-state index contributed by atoms with van der Waals surface area (Å²) in [5, 5.41) is 5.23. The molecule has 0 spiro atoms. The molecule has 0 unspecified atom stereocenters. The van der Waals surface area contributed by atoms with E-state index in [1.165, 1.54) is 0 Å². The first-order chi connectivity index (χ1) is 10.2. The number of fused-ring (bicyclic) bond motifs is 1. The second-order valence-electron chi connectivity index (χ2n) is 4.83. The van der Waals surface area contributed by atoms with E-state index in [1.807, 2.05) is 35.9 Å². The molecule has 0 aliphatic heterocycles. The van der Waals surface area contributed by atoms with Gasteiger partial charge in [-0.25, -0.2) is 9.67 Å². The van der Waals surface area contributed by atoms with Crippen LogP contribution in [-0.4, -0.2) is 25.2 Å². The minimum absolute atomic E-state index is 0.517. The van der Waals surface area contributed by atoms with E-state index in [-0.39, 0.29) is 0 Å². The minimum Gasteiger partial charge on any atom is -0.279 e. The fourth-order valence-corrected chi connectivity index (χ4v) is 2.96. The van der Waals surface area contributed by atoms with Gasteiger partial charge in [-0.2, -0.15) is 5.10 Å². The van der Waals surface area contributed by atoms with Gasteiger partial charge in [-0.15, -0.1) is 11.6 Å². The quantitative estimate of drug-likeness (QED) is 0.681. The van der Waals surface area contributed by atoms with Crippen LogP contribution in [0.15, 0.2) is 24.3 Å². The Hall–Kier alpha value is -1.52. The summed E-state index contributed by atoms with van der Waals surface area (Å²) < 4.78 is 4.03. The lowest BCUT2D eigenvalue weighted by atomic mass is 10.3. The lowest BCUT2D eigenvalue weighted by Crippen LogP contribution is -2.08. The van der Waals surface area contributed by atoms with Crippen LogP contribution in [-0.2, 0) is 13.0 Å². The highest BCUT2D eigenvalue weighted by Crippen LogP contribution is 2.28. The fraction of sp³-hybridized carbons (Fsp3) is 0.333. The smallest absolute Gasteiger partial charge is 0.163 e. The summed E-state index contributed by atoms with van der Waals surface area (Å²) in [6.07, 6.45) is 0.685. The third-order valence-corrected chi connectivity index (χ3v) is 4.00. The highest BCUT2D eigenvalue weighted by molar-refractivity contribution is 6.32. The molecule has 2 heterocycles. The van der Waals surface area contributed by atoms with Gasteiger partial charge >= 0.3 is 0 Å². The van der Waals surface area contributed by atoms with Crippen molar-refractivity contribution < 1.29 is 0 Å². The van der Waals surface area contributed by atoms with Crippen molar-refractivity contribution in [2.45, 2.75) is 26.8 Å². The Morgan fingerprint density at radius 2 is 2.00 bits per heavy atom. The number of hydrogen-bond donors (Lipinski definition) is 0. The zero-order chi connectivity index (χ0) is 15.0. The lowest BCUT2D eigenvalue weighted by molar-refractivity contribution is 0.659. The second-order valence-corrected chi connectivity index (χ2v) is 5.61. The first kappa shape index (κ1) is 14.4. The van der Waals surface area contributed by atoms with Crippen molar-refractivity contribution in [2.24, 2.45) is 0 Å². The van der Waals surface area contributed by atoms with Crippen LogP contribution >= 0.6 is 23.2 Å². The monoisotopic (exact) mass is 322 g/mol. The Kier molecular flexibility index (Phi) is 3.91. The van der Waals surface area contributed by atoms with Gasteiger partial charge in [-0.05, 0) is 26.0 Å². The van der Waals surface area contributed by atoms with Gasteiger partial charge in [0.25, 0.3) is 0 Å². The number of imidazole rings is 1. The molecule has 0 amide bonds. The molecule has 0 fully saturated rings. The molecular formula is C15H16Cl2N4. The molecule has 0 bridgehead atoms. The normalized spacial score (nSPS) is 11.4. The Balaban J connectivity index is 2.37. The third-order valence-electron chi connectivity index (χ3n) is 3.49. The van der Waals surface area contributed by atoms with Crippen LogP contribution in [0.4, 0.5) is 0 Å². The number of halogens is 2. The molecule has 6 heteroatoms. The second kappa shape index (κ2) is 5.70. The van der Waals surface area contributed by atoms with E-state index in [1.54, 1.807) is 0 Å². The molecule has 2 aromatic heterocycles. The van der Waals surface area contributed by atoms with Crippen molar-refractivity contribution in [1.29, 1.82) is 0 Å². The molecular weight excluding hydrogens is 307 g/mol. The minimum atomic E-state index is 0.517. The van der Waals surface area contributed by atoms with Crippen LogP contribution in [0.5, 0.6) is 0 Å². The highest BCUT2D eigenvalue weighted by atomic mass is 35.5. The molecule has 0 aliphatic rings. The summed E-state index contributed by atoms with van der Waals surface area (Å²) in [5.41, 5.74) is 3.73. The Morgan fingerprint density at radius 3 is 2.67 bits per heavy atom. The molecule has 0 aliphatic carbocycles. The van der Waals surface area contributed by atoms with Crippen molar-refractivity contribution in [1.82, 2.24) is 19.3 Å². The number of benzene rings is 1. The summed E-state index contributed by atoms with van der Waals surface area (Å²) in [6.45, 7) is 4.82. The van der Waals surface area contributed by atoms with E-state index in [0.29, 0.717) is 17.3 Å². The largest absolute Gasteiger partial charge is 0.279 e. The maximum atomic E-state index is 6.38. The Labute approximate surface area is 133 Å². The van der Waals surface area contributed by atoms with Crippen LogP contribution in [0.2, 0.25) is 5.02 Å². The van der Waals surface area contributed by atoms with Gasteiger partial charge in [0.15, 0.2) is 5.65 Å². The highest BCUT2D eigenvalue weighted by Gasteiger charge is 2.20. The van der Waals surface area contributed by atoms with Crippen molar-refractivity contribution in [3.8, 4) is 5.69 Å². The summed E-state index contributed by atoms with van der Waals surface area (Å²) in [5.74, 6) is 1.43. The molecule has 3 aromatic rings. The number of aromatic nitrogens is 4. The molecule has 0 N–H and O–H groups in total. The molecule has 110 valence electrons. The number of rotatable bonds is 4. The SMILES string of the molecule is CCn1nc(C)c2nc(CCCl)n(-c3ccccc3Cl)c21. The lowest BCUT2D eigenvalue weighted by Gasteiger charge is -2.11. The number of aryl methyl sites for hydroxylation is 3. The van der Waals surface area contributed by atoms with E-state index in [4.69, 9.17) is 28.2 Å². The molecule has 3 rings (SSSR count). The van der Waals surface area contributed by atoms with Crippen molar-refractivity contribution in [2.75, 3.05) is 5.88 Å². The third kappa shape index (κ3) is 2.32. The summed E-state index contributed by atoms with van der Waals surface area (Å²) in [4.78, 5) is 4.72. The van der Waals surface area contributed by atoms with E-state index < -0.39 is 0 Å². The molecule has 0 saturated heterocycles. The Morgan fingerprint density at radius 1 is 1.24 bits per heavy atom. The van der Waals surface area contributed by atoms with Crippen LogP contribution in [0.25, 0.3) is 16.9 Å². The standard InChI is InChI=1S/C15H16Cl2N4/c1-3-20-15-14(10(2)19-20)18-13(8-9-16)21(15)12-7-5-4-6-11(12)17/h4-7H,3,8-9H2,1-2H3. The topological polar surface area (TPSA) is 35.6 Å².